The molecule has 16 heavy (non-hydrogen) atoms. The van der Waals surface area contributed by atoms with E-state index in [2.05, 4.69) is 21.0 Å². The quantitative estimate of drug-likeness (QED) is 0.410. The van der Waals surface area contributed by atoms with Crippen molar-refractivity contribution in [1.29, 1.82) is 0 Å². The lowest BCUT2D eigenvalue weighted by atomic mass is 10.1. The van der Waals surface area contributed by atoms with Gasteiger partial charge in [-0.1, -0.05) is 32.6 Å². The van der Waals surface area contributed by atoms with E-state index in [1.807, 2.05) is 0 Å². The number of hydrogen-bond donors (Lipinski definition) is 0. The largest absolute Gasteiger partial charge is 1.00 e. The third-order valence-electron chi connectivity index (χ3n) is 3.02. The molecule has 0 amide bonds. The maximum Gasteiger partial charge on any atom is 0.102 e. The van der Waals surface area contributed by atoms with Crippen LogP contribution in [0.3, 0.4) is 0 Å². The predicted octanol–water partition coefficient (Wildman–Crippen LogP) is 0.0737. The van der Waals surface area contributed by atoms with Gasteiger partial charge in [0.1, 0.15) is 6.54 Å². The Labute approximate surface area is 113 Å². The van der Waals surface area contributed by atoms with Gasteiger partial charge in [-0.05, 0) is 12.8 Å². The van der Waals surface area contributed by atoms with Crippen LogP contribution in [0.1, 0.15) is 45.4 Å². The standard InChI is InChI=1S/C13H30NO.BrH/c1-5-6-7-8-9-10-11-14(2,3)12-13-15-4;/h5-13H2,1-4H3;1H/q+1;/p-1. The van der Waals surface area contributed by atoms with Crippen LogP contribution in [-0.2, 0) is 4.74 Å². The summed E-state index contributed by atoms with van der Waals surface area (Å²) in [6.07, 6.45) is 8.34. The second-order valence-electron chi connectivity index (χ2n) is 5.14. The Morgan fingerprint density at radius 3 is 2.00 bits per heavy atom. The molecule has 0 bridgehead atoms. The molecule has 0 heterocycles. The lowest BCUT2D eigenvalue weighted by Gasteiger charge is -2.29. The Hall–Kier alpha value is 0.400. The SMILES string of the molecule is CCCCCCCC[N+](C)(C)CCOC.[Br-]. The van der Waals surface area contributed by atoms with Crippen molar-refractivity contribution in [1.82, 2.24) is 0 Å². The monoisotopic (exact) mass is 295 g/mol. The minimum absolute atomic E-state index is 0. The molecule has 0 radical (unpaired) electrons. The van der Waals surface area contributed by atoms with E-state index >= 15 is 0 Å². The minimum atomic E-state index is 0. The molecule has 3 heteroatoms. The van der Waals surface area contributed by atoms with Gasteiger partial charge in [0.25, 0.3) is 0 Å². The van der Waals surface area contributed by atoms with Crippen LogP contribution < -0.4 is 17.0 Å². The first kappa shape index (κ1) is 18.8. The van der Waals surface area contributed by atoms with Crippen LogP contribution in [0.4, 0.5) is 0 Å². The zero-order valence-corrected chi connectivity index (χ0v) is 13.2. The molecule has 0 N–H and O–H groups in total. The van der Waals surface area contributed by atoms with E-state index in [1.165, 1.54) is 45.1 Å². The number of likely N-dealkylation sites (N-methyl/N-ethyl adjacent to an activating group) is 1. The molecule has 0 unspecified atom stereocenters. The second kappa shape index (κ2) is 11.9. The van der Waals surface area contributed by atoms with Crippen molar-refractivity contribution in [2.24, 2.45) is 0 Å². The molecule has 0 aromatic rings. The van der Waals surface area contributed by atoms with E-state index in [-0.39, 0.29) is 17.0 Å². The lowest BCUT2D eigenvalue weighted by Crippen LogP contribution is -3.00. The zero-order valence-electron chi connectivity index (χ0n) is 11.6. The smallest absolute Gasteiger partial charge is 0.102 e. The third kappa shape index (κ3) is 12.5. The van der Waals surface area contributed by atoms with Crippen LogP contribution in [0.2, 0.25) is 0 Å². The first-order chi connectivity index (χ1) is 7.12. The van der Waals surface area contributed by atoms with Crippen LogP contribution in [0.5, 0.6) is 0 Å². The lowest BCUT2D eigenvalue weighted by molar-refractivity contribution is -0.890. The van der Waals surface area contributed by atoms with Gasteiger partial charge >= 0.3 is 0 Å². The summed E-state index contributed by atoms with van der Waals surface area (Å²) in [5, 5.41) is 0. The molecule has 2 nitrogen and oxygen atoms in total. The van der Waals surface area contributed by atoms with Gasteiger partial charge in [-0.3, -0.25) is 0 Å². The van der Waals surface area contributed by atoms with E-state index in [9.17, 15) is 0 Å². The molecule has 0 aromatic carbocycles. The number of nitrogens with zero attached hydrogens (tertiary/aromatic N) is 1. The average Bonchev–Trinajstić information content (AvgIpc) is 2.20. The molecule has 0 saturated carbocycles. The van der Waals surface area contributed by atoms with Crippen LogP contribution in [0.15, 0.2) is 0 Å². The Kier molecular flexibility index (Phi) is 13.9. The summed E-state index contributed by atoms with van der Waals surface area (Å²) in [6, 6.07) is 0. The fourth-order valence-electron chi connectivity index (χ4n) is 1.77. The van der Waals surface area contributed by atoms with Crippen molar-refractivity contribution in [3.63, 3.8) is 0 Å². The Balaban J connectivity index is 0. The summed E-state index contributed by atoms with van der Waals surface area (Å²) in [5.41, 5.74) is 0. The number of hydrogen-bond acceptors (Lipinski definition) is 1. The van der Waals surface area contributed by atoms with Crippen molar-refractivity contribution in [2.75, 3.05) is 40.9 Å². The topological polar surface area (TPSA) is 9.23 Å². The van der Waals surface area contributed by atoms with Crippen molar-refractivity contribution in [3.8, 4) is 0 Å². The molecule has 0 aliphatic carbocycles. The first-order valence-corrected chi connectivity index (χ1v) is 6.43. The number of ether oxygens (including phenoxy) is 1. The molecule has 0 fully saturated rings. The van der Waals surface area contributed by atoms with E-state index < -0.39 is 0 Å². The van der Waals surface area contributed by atoms with Crippen LogP contribution in [-0.4, -0.2) is 45.4 Å². The Morgan fingerprint density at radius 2 is 1.44 bits per heavy atom. The van der Waals surface area contributed by atoms with Gasteiger partial charge < -0.3 is 26.2 Å². The summed E-state index contributed by atoms with van der Waals surface area (Å²) in [4.78, 5) is 0. The van der Waals surface area contributed by atoms with Gasteiger partial charge in [-0.25, -0.2) is 0 Å². The van der Waals surface area contributed by atoms with Crippen molar-refractivity contribution in [2.45, 2.75) is 45.4 Å². The molecule has 0 aliphatic heterocycles. The summed E-state index contributed by atoms with van der Waals surface area (Å²) in [5.74, 6) is 0. The highest BCUT2D eigenvalue weighted by molar-refractivity contribution is 4.44. The normalized spacial score (nSPS) is 11.2. The van der Waals surface area contributed by atoms with Gasteiger partial charge in [0.2, 0.25) is 0 Å². The summed E-state index contributed by atoms with van der Waals surface area (Å²) in [6.45, 7) is 5.56. The fraction of sp³-hybridized carbons (Fsp3) is 1.00. The van der Waals surface area contributed by atoms with E-state index in [0.717, 1.165) is 17.6 Å². The molecule has 100 valence electrons. The highest BCUT2D eigenvalue weighted by Gasteiger charge is 2.13. The summed E-state index contributed by atoms with van der Waals surface area (Å²) >= 11 is 0. The summed E-state index contributed by atoms with van der Waals surface area (Å²) < 4.78 is 6.22. The van der Waals surface area contributed by atoms with Crippen molar-refractivity contribution < 1.29 is 26.2 Å². The number of methoxy groups -OCH3 is 1. The van der Waals surface area contributed by atoms with E-state index in [4.69, 9.17) is 4.74 Å². The van der Waals surface area contributed by atoms with Gasteiger partial charge in [0.15, 0.2) is 0 Å². The van der Waals surface area contributed by atoms with Crippen LogP contribution in [0.25, 0.3) is 0 Å². The number of rotatable bonds is 10. The predicted molar refractivity (Wildman–Crippen MR) is 67.1 cm³/mol. The van der Waals surface area contributed by atoms with Crippen molar-refractivity contribution >= 4 is 0 Å². The van der Waals surface area contributed by atoms with E-state index in [1.54, 1.807) is 7.11 Å². The van der Waals surface area contributed by atoms with Gasteiger partial charge in [-0.15, -0.1) is 0 Å². The maximum absolute atomic E-state index is 5.12. The highest BCUT2D eigenvalue weighted by Crippen LogP contribution is 2.07. The van der Waals surface area contributed by atoms with Crippen molar-refractivity contribution in [3.05, 3.63) is 0 Å². The Morgan fingerprint density at radius 1 is 0.875 bits per heavy atom. The number of quaternary nitrogens is 1. The summed E-state index contributed by atoms with van der Waals surface area (Å²) in [7, 11) is 6.38. The molecule has 0 spiro atoms. The molecular weight excluding hydrogens is 266 g/mol. The van der Waals surface area contributed by atoms with Gasteiger partial charge in [-0.2, -0.15) is 0 Å². The zero-order chi connectivity index (χ0) is 11.6. The van der Waals surface area contributed by atoms with Crippen LogP contribution in [0, 0.1) is 0 Å². The fourth-order valence-corrected chi connectivity index (χ4v) is 1.77. The van der Waals surface area contributed by atoms with Gasteiger partial charge in [0.05, 0.1) is 27.2 Å². The third-order valence-corrected chi connectivity index (χ3v) is 3.02. The molecule has 0 saturated heterocycles. The molecule has 0 atom stereocenters. The molecule has 0 aromatic heterocycles. The maximum atomic E-state index is 5.12. The Bertz CT molecular complexity index is 140. The number of unbranched alkanes of at least 4 members (excludes halogenated alkanes) is 5. The average molecular weight is 296 g/mol. The van der Waals surface area contributed by atoms with Crippen LogP contribution >= 0.6 is 0 Å². The first-order valence-electron chi connectivity index (χ1n) is 6.43. The van der Waals surface area contributed by atoms with Gasteiger partial charge in [0, 0.05) is 7.11 Å². The van der Waals surface area contributed by atoms with E-state index in [0.29, 0.717) is 0 Å². The molecule has 0 aliphatic rings. The minimum Gasteiger partial charge on any atom is -1.00 e. The molecule has 0 rings (SSSR count). The number of halogens is 1. The molecular formula is C13H30BrNO. The highest BCUT2D eigenvalue weighted by atomic mass is 79.9. The second-order valence-corrected chi connectivity index (χ2v) is 5.14.